The third-order valence-corrected chi connectivity index (χ3v) is 7.04. The van der Waals surface area contributed by atoms with E-state index in [1.54, 1.807) is 30.6 Å². The van der Waals surface area contributed by atoms with Crippen LogP contribution in [0.2, 0.25) is 0 Å². The van der Waals surface area contributed by atoms with Crippen LogP contribution in [-0.2, 0) is 9.53 Å². The van der Waals surface area contributed by atoms with E-state index >= 15 is 0 Å². The van der Waals surface area contributed by atoms with Crippen molar-refractivity contribution >= 4 is 29.1 Å². The summed E-state index contributed by atoms with van der Waals surface area (Å²) in [4.78, 5) is 33.7. The number of hydrogen-bond donors (Lipinski definition) is 1. The standard InChI is InChI=1S/C27H29N3O4S/c1-5-29(6-2)20-14-13-19(21(31)16-20)15-22-25(32)30-24(18-11-9-8-10-12-18)23(26(33)34-7-3)17(4)28-27(30)35-22/h8-16,24,31H,5-7H2,1-4H3/b22-15+/t24-/m0/s1. The Morgan fingerprint density at radius 3 is 2.51 bits per heavy atom. The zero-order valence-electron chi connectivity index (χ0n) is 20.3. The van der Waals surface area contributed by atoms with Gasteiger partial charge in [0.25, 0.3) is 5.56 Å². The first-order valence-electron chi connectivity index (χ1n) is 11.7. The van der Waals surface area contributed by atoms with Crippen LogP contribution >= 0.6 is 11.3 Å². The first-order valence-corrected chi connectivity index (χ1v) is 12.5. The number of anilines is 1. The average Bonchev–Trinajstić information content (AvgIpc) is 3.15. The van der Waals surface area contributed by atoms with Gasteiger partial charge < -0.3 is 14.7 Å². The third-order valence-electron chi connectivity index (χ3n) is 6.06. The molecule has 4 rings (SSSR count). The topological polar surface area (TPSA) is 84.1 Å². The summed E-state index contributed by atoms with van der Waals surface area (Å²) in [7, 11) is 0. The lowest BCUT2D eigenvalue weighted by atomic mass is 9.96. The van der Waals surface area contributed by atoms with Crippen LogP contribution in [0.4, 0.5) is 5.69 Å². The van der Waals surface area contributed by atoms with Crippen molar-refractivity contribution in [1.82, 2.24) is 4.57 Å². The Hall–Kier alpha value is -3.65. The molecule has 0 spiro atoms. The summed E-state index contributed by atoms with van der Waals surface area (Å²) in [6, 6.07) is 14.2. The zero-order chi connectivity index (χ0) is 25.1. The van der Waals surface area contributed by atoms with Gasteiger partial charge in [0, 0.05) is 30.4 Å². The minimum absolute atomic E-state index is 0.100. The summed E-state index contributed by atoms with van der Waals surface area (Å²) in [6.07, 6.45) is 1.68. The summed E-state index contributed by atoms with van der Waals surface area (Å²) in [6.45, 7) is 9.51. The fraction of sp³-hybridized carbons (Fsp3) is 0.296. The van der Waals surface area contributed by atoms with Gasteiger partial charge in [0.05, 0.1) is 28.5 Å². The molecule has 0 aliphatic carbocycles. The van der Waals surface area contributed by atoms with E-state index in [4.69, 9.17) is 4.74 Å². The summed E-state index contributed by atoms with van der Waals surface area (Å²) >= 11 is 1.23. The molecular weight excluding hydrogens is 462 g/mol. The highest BCUT2D eigenvalue weighted by molar-refractivity contribution is 7.07. The Morgan fingerprint density at radius 2 is 1.89 bits per heavy atom. The largest absolute Gasteiger partial charge is 0.507 e. The molecule has 1 aromatic heterocycles. The monoisotopic (exact) mass is 491 g/mol. The smallest absolute Gasteiger partial charge is 0.338 e. The Kier molecular flexibility index (Phi) is 7.21. The van der Waals surface area contributed by atoms with Crippen molar-refractivity contribution in [2.75, 3.05) is 24.6 Å². The Morgan fingerprint density at radius 1 is 1.17 bits per heavy atom. The van der Waals surface area contributed by atoms with Gasteiger partial charge in [0.1, 0.15) is 5.75 Å². The van der Waals surface area contributed by atoms with E-state index in [9.17, 15) is 14.7 Å². The van der Waals surface area contributed by atoms with Gasteiger partial charge in [-0.2, -0.15) is 0 Å². The van der Waals surface area contributed by atoms with Crippen molar-refractivity contribution < 1.29 is 14.6 Å². The maximum atomic E-state index is 13.6. The zero-order valence-corrected chi connectivity index (χ0v) is 21.1. The molecule has 7 nitrogen and oxygen atoms in total. The van der Waals surface area contributed by atoms with Crippen molar-refractivity contribution in [1.29, 1.82) is 0 Å². The van der Waals surface area contributed by atoms with Gasteiger partial charge in [-0.15, -0.1) is 0 Å². The van der Waals surface area contributed by atoms with Gasteiger partial charge >= 0.3 is 5.97 Å². The highest BCUT2D eigenvalue weighted by atomic mass is 32.1. The van der Waals surface area contributed by atoms with Crippen molar-refractivity contribution in [2.45, 2.75) is 33.7 Å². The molecule has 1 N–H and O–H groups in total. The van der Waals surface area contributed by atoms with Crippen molar-refractivity contribution in [3.05, 3.63) is 90.6 Å². The second-order valence-electron chi connectivity index (χ2n) is 8.13. The molecule has 2 heterocycles. The van der Waals surface area contributed by atoms with E-state index < -0.39 is 12.0 Å². The van der Waals surface area contributed by atoms with Crippen molar-refractivity contribution in [3.8, 4) is 5.75 Å². The SMILES string of the molecule is CCOC(=O)C1=C(C)N=c2s/c(=C/c3ccc(N(CC)CC)cc3O)c(=O)n2[C@H]1c1ccccc1. The van der Waals surface area contributed by atoms with Crippen LogP contribution in [0.15, 0.2) is 69.6 Å². The second kappa shape index (κ2) is 10.3. The van der Waals surface area contributed by atoms with Gasteiger partial charge in [0.15, 0.2) is 4.80 Å². The molecule has 1 aliphatic heterocycles. The normalized spacial score (nSPS) is 15.5. The summed E-state index contributed by atoms with van der Waals surface area (Å²) in [5.74, 6) is -0.384. The van der Waals surface area contributed by atoms with E-state index in [2.05, 4.69) is 23.7 Å². The highest BCUT2D eigenvalue weighted by Gasteiger charge is 2.33. The van der Waals surface area contributed by atoms with Crippen LogP contribution in [0.25, 0.3) is 6.08 Å². The molecule has 2 aromatic carbocycles. The Labute approximate surface area is 207 Å². The molecular formula is C27H29N3O4S. The van der Waals surface area contributed by atoms with Gasteiger partial charge in [-0.1, -0.05) is 41.7 Å². The third kappa shape index (κ3) is 4.66. The number of allylic oxidation sites excluding steroid dienone is 1. The molecule has 8 heteroatoms. The molecule has 1 aliphatic rings. The number of esters is 1. The number of carbonyl (C=O) groups is 1. The average molecular weight is 492 g/mol. The number of rotatable bonds is 7. The molecule has 0 saturated carbocycles. The van der Waals surface area contributed by atoms with Crippen LogP contribution in [0.1, 0.15) is 44.9 Å². The maximum absolute atomic E-state index is 13.6. The minimum atomic E-state index is -0.646. The van der Waals surface area contributed by atoms with Crippen molar-refractivity contribution in [2.24, 2.45) is 4.99 Å². The number of aromatic hydroxyl groups is 1. The molecule has 0 unspecified atom stereocenters. The quantitative estimate of drug-likeness (QED) is 0.513. The highest BCUT2D eigenvalue weighted by Crippen LogP contribution is 2.30. The first-order chi connectivity index (χ1) is 16.9. The van der Waals surface area contributed by atoms with E-state index in [0.717, 1.165) is 24.3 Å². The number of benzene rings is 2. The van der Waals surface area contributed by atoms with Gasteiger partial charge in [0.2, 0.25) is 0 Å². The predicted octanol–water partition coefficient (Wildman–Crippen LogP) is 3.35. The fourth-order valence-corrected chi connectivity index (χ4v) is 5.36. The molecule has 3 aromatic rings. The Bertz CT molecular complexity index is 1450. The first kappa shape index (κ1) is 24.5. The molecule has 0 bridgehead atoms. The molecule has 182 valence electrons. The molecule has 0 radical (unpaired) electrons. The predicted molar refractivity (Wildman–Crippen MR) is 139 cm³/mol. The van der Waals surface area contributed by atoms with E-state index in [-0.39, 0.29) is 17.9 Å². The van der Waals surface area contributed by atoms with Crippen LogP contribution in [0.3, 0.4) is 0 Å². The van der Waals surface area contributed by atoms with Crippen LogP contribution in [0, 0.1) is 0 Å². The lowest BCUT2D eigenvalue weighted by Crippen LogP contribution is -2.39. The number of thiazole rings is 1. The second-order valence-corrected chi connectivity index (χ2v) is 9.14. The Balaban J connectivity index is 1.87. The molecule has 0 fully saturated rings. The van der Waals surface area contributed by atoms with E-state index in [1.165, 1.54) is 11.3 Å². The molecule has 1 atom stereocenters. The number of ether oxygens (including phenoxy) is 1. The molecule has 35 heavy (non-hydrogen) atoms. The van der Waals surface area contributed by atoms with E-state index in [0.29, 0.717) is 26.2 Å². The summed E-state index contributed by atoms with van der Waals surface area (Å²) in [5.41, 5.74) is 2.86. The number of nitrogens with zero attached hydrogens (tertiary/aromatic N) is 3. The van der Waals surface area contributed by atoms with Crippen LogP contribution in [0.5, 0.6) is 5.75 Å². The van der Waals surface area contributed by atoms with Crippen LogP contribution in [-0.4, -0.2) is 35.3 Å². The van der Waals surface area contributed by atoms with Crippen LogP contribution < -0.4 is 19.8 Å². The fourth-order valence-electron chi connectivity index (χ4n) is 4.32. The number of aromatic nitrogens is 1. The number of carbonyl (C=O) groups excluding carboxylic acids is 1. The maximum Gasteiger partial charge on any atom is 0.338 e. The number of phenolic OH excluding ortho intramolecular Hbond substituents is 1. The lowest BCUT2D eigenvalue weighted by Gasteiger charge is -2.24. The van der Waals surface area contributed by atoms with Crippen molar-refractivity contribution in [3.63, 3.8) is 0 Å². The minimum Gasteiger partial charge on any atom is -0.507 e. The lowest BCUT2D eigenvalue weighted by molar-refractivity contribution is -0.139. The molecule has 0 amide bonds. The number of phenols is 1. The number of hydrogen-bond acceptors (Lipinski definition) is 7. The number of fused-ring (bicyclic) bond motifs is 1. The summed E-state index contributed by atoms with van der Waals surface area (Å²) < 4.78 is 7.28. The summed E-state index contributed by atoms with van der Waals surface area (Å²) in [5, 5.41) is 10.7. The molecule has 0 saturated heterocycles. The van der Waals surface area contributed by atoms with Gasteiger partial charge in [-0.25, -0.2) is 9.79 Å². The van der Waals surface area contributed by atoms with Gasteiger partial charge in [-0.05, 0) is 51.5 Å². The van der Waals surface area contributed by atoms with Gasteiger partial charge in [-0.3, -0.25) is 9.36 Å². The van der Waals surface area contributed by atoms with E-state index in [1.807, 2.05) is 42.5 Å².